The Kier molecular flexibility index (Phi) is 4.18. The van der Waals surface area contributed by atoms with E-state index in [1.165, 1.54) is 0 Å². The Morgan fingerprint density at radius 1 is 1.27 bits per heavy atom. The smallest absolute Gasteiger partial charge is 0.205 e. The first-order chi connectivity index (χ1) is 6.73. The van der Waals surface area contributed by atoms with E-state index in [1.54, 1.807) is 12.1 Å². The van der Waals surface area contributed by atoms with Gasteiger partial charge in [0.25, 0.3) is 5.92 Å². The Balaban J connectivity index is 3.21. The van der Waals surface area contributed by atoms with E-state index >= 15 is 0 Å². The topological polar surface area (TPSA) is 0 Å². The highest BCUT2D eigenvalue weighted by Crippen LogP contribution is 2.41. The van der Waals surface area contributed by atoms with E-state index < -0.39 is 11.3 Å². The fourth-order valence-corrected chi connectivity index (χ4v) is 2.49. The molecule has 0 saturated heterocycles. The second kappa shape index (κ2) is 4.68. The second-order valence-electron chi connectivity index (χ2n) is 3.44. The van der Waals surface area contributed by atoms with Crippen molar-refractivity contribution in [1.82, 2.24) is 0 Å². The largest absolute Gasteiger partial charge is 0.265 e. The van der Waals surface area contributed by atoms with Crippen LogP contribution in [-0.4, -0.2) is 5.92 Å². The van der Waals surface area contributed by atoms with Crippen molar-refractivity contribution in [2.45, 2.75) is 25.1 Å². The van der Waals surface area contributed by atoms with Crippen molar-refractivity contribution >= 4 is 43.5 Å². The SMILES string of the molecule is Cc1cc(Br)c(C(Cl)C(C)(F)F)cc1Br. The van der Waals surface area contributed by atoms with E-state index in [9.17, 15) is 8.78 Å². The number of rotatable bonds is 2. The van der Waals surface area contributed by atoms with Gasteiger partial charge in [-0.05, 0) is 30.2 Å². The molecule has 0 fully saturated rings. The molecule has 0 heterocycles. The molecule has 1 aromatic rings. The van der Waals surface area contributed by atoms with Gasteiger partial charge in [-0.3, -0.25) is 0 Å². The van der Waals surface area contributed by atoms with E-state index in [0.29, 0.717) is 10.0 Å². The number of hydrogen-bond donors (Lipinski definition) is 0. The van der Waals surface area contributed by atoms with Crippen LogP contribution < -0.4 is 0 Å². The predicted octanol–water partition coefficient (Wildman–Crippen LogP) is 5.46. The summed E-state index contributed by atoms with van der Waals surface area (Å²) in [4.78, 5) is 0. The van der Waals surface area contributed by atoms with Crippen molar-refractivity contribution in [2.75, 3.05) is 0 Å². The van der Waals surface area contributed by atoms with Gasteiger partial charge in [0.05, 0.1) is 0 Å². The first kappa shape index (κ1) is 13.4. The lowest BCUT2D eigenvalue weighted by Gasteiger charge is -2.19. The highest BCUT2D eigenvalue weighted by atomic mass is 79.9. The standard InChI is InChI=1S/C10H9Br2ClF2/c1-5-3-8(12)6(4-7(5)11)9(13)10(2,14)15/h3-4,9H,1-2H3. The summed E-state index contributed by atoms with van der Waals surface area (Å²) in [5.74, 6) is -2.95. The third-order valence-electron chi connectivity index (χ3n) is 2.00. The minimum atomic E-state index is -2.95. The summed E-state index contributed by atoms with van der Waals surface area (Å²) in [7, 11) is 0. The van der Waals surface area contributed by atoms with E-state index in [-0.39, 0.29) is 0 Å². The summed E-state index contributed by atoms with van der Waals surface area (Å²) in [6, 6.07) is 3.38. The van der Waals surface area contributed by atoms with Crippen LogP contribution in [0.4, 0.5) is 8.78 Å². The minimum Gasteiger partial charge on any atom is -0.205 e. The van der Waals surface area contributed by atoms with Gasteiger partial charge in [-0.2, -0.15) is 0 Å². The molecule has 0 aromatic heterocycles. The number of alkyl halides is 3. The summed E-state index contributed by atoms with van der Waals surface area (Å²) >= 11 is 12.2. The molecule has 0 N–H and O–H groups in total. The van der Waals surface area contributed by atoms with Crippen molar-refractivity contribution in [2.24, 2.45) is 0 Å². The lowest BCUT2D eigenvalue weighted by molar-refractivity contribution is 0.0167. The fourth-order valence-electron chi connectivity index (χ4n) is 1.13. The quantitative estimate of drug-likeness (QED) is 0.613. The second-order valence-corrected chi connectivity index (χ2v) is 5.59. The number of benzene rings is 1. The molecule has 0 bridgehead atoms. The molecule has 0 aliphatic rings. The molecular formula is C10H9Br2ClF2. The van der Waals surface area contributed by atoms with Crippen LogP contribution in [0.25, 0.3) is 0 Å². The Morgan fingerprint density at radius 3 is 2.27 bits per heavy atom. The lowest BCUT2D eigenvalue weighted by atomic mass is 10.1. The van der Waals surface area contributed by atoms with Gasteiger partial charge in [0.15, 0.2) is 0 Å². The van der Waals surface area contributed by atoms with Crippen molar-refractivity contribution < 1.29 is 8.78 Å². The van der Waals surface area contributed by atoms with Crippen LogP contribution in [0, 0.1) is 6.92 Å². The summed E-state index contributed by atoms with van der Waals surface area (Å²) in [5.41, 5.74) is 1.36. The summed E-state index contributed by atoms with van der Waals surface area (Å²) in [6.07, 6.45) is 0. The van der Waals surface area contributed by atoms with Crippen LogP contribution >= 0.6 is 43.5 Å². The van der Waals surface area contributed by atoms with Crippen LogP contribution in [0.3, 0.4) is 0 Å². The molecule has 84 valence electrons. The zero-order valence-corrected chi connectivity index (χ0v) is 12.0. The molecular weight excluding hydrogens is 353 g/mol. The summed E-state index contributed by atoms with van der Waals surface area (Å²) in [6.45, 7) is 2.69. The molecule has 5 heteroatoms. The predicted molar refractivity (Wildman–Crippen MR) is 65.8 cm³/mol. The average molecular weight is 362 g/mol. The van der Waals surface area contributed by atoms with Crippen LogP contribution in [0.2, 0.25) is 0 Å². The zero-order chi connectivity index (χ0) is 11.8. The summed E-state index contributed by atoms with van der Waals surface area (Å²) in [5, 5.41) is -1.33. The van der Waals surface area contributed by atoms with E-state index in [4.69, 9.17) is 11.6 Å². The first-order valence-electron chi connectivity index (χ1n) is 4.21. The number of halogens is 5. The third-order valence-corrected chi connectivity index (χ3v) is 4.16. The molecule has 1 unspecified atom stereocenters. The van der Waals surface area contributed by atoms with Crippen molar-refractivity contribution in [3.05, 3.63) is 32.2 Å². The highest BCUT2D eigenvalue weighted by molar-refractivity contribution is 9.11. The molecule has 1 aromatic carbocycles. The Hall–Kier alpha value is 0.330. The molecule has 0 aliphatic carbocycles. The molecule has 0 aliphatic heterocycles. The van der Waals surface area contributed by atoms with Crippen molar-refractivity contribution in [1.29, 1.82) is 0 Å². The van der Waals surface area contributed by atoms with E-state index in [1.807, 2.05) is 6.92 Å². The van der Waals surface area contributed by atoms with Gasteiger partial charge in [0.1, 0.15) is 5.38 Å². The van der Waals surface area contributed by atoms with Gasteiger partial charge in [0, 0.05) is 15.9 Å². The van der Waals surface area contributed by atoms with Crippen molar-refractivity contribution in [3.8, 4) is 0 Å². The first-order valence-corrected chi connectivity index (χ1v) is 6.23. The molecule has 15 heavy (non-hydrogen) atoms. The maximum atomic E-state index is 13.0. The average Bonchev–Trinajstić information content (AvgIpc) is 2.08. The van der Waals surface area contributed by atoms with Crippen LogP contribution in [0.15, 0.2) is 21.1 Å². The van der Waals surface area contributed by atoms with Crippen molar-refractivity contribution in [3.63, 3.8) is 0 Å². The molecule has 0 amide bonds. The third kappa shape index (κ3) is 3.14. The lowest BCUT2D eigenvalue weighted by Crippen LogP contribution is -2.18. The van der Waals surface area contributed by atoms with Gasteiger partial charge in [-0.25, -0.2) is 8.78 Å². The molecule has 0 spiro atoms. The van der Waals surface area contributed by atoms with Crippen LogP contribution in [0.1, 0.15) is 23.4 Å². The van der Waals surface area contributed by atoms with Crippen LogP contribution in [0.5, 0.6) is 0 Å². The molecule has 0 saturated carbocycles. The van der Waals surface area contributed by atoms with Crippen LogP contribution in [-0.2, 0) is 0 Å². The number of hydrogen-bond acceptors (Lipinski definition) is 0. The Morgan fingerprint density at radius 2 is 1.80 bits per heavy atom. The molecule has 0 radical (unpaired) electrons. The van der Waals surface area contributed by atoms with E-state index in [2.05, 4.69) is 31.9 Å². The van der Waals surface area contributed by atoms with Gasteiger partial charge >= 0.3 is 0 Å². The number of aryl methyl sites for hydroxylation is 1. The summed E-state index contributed by atoms with van der Waals surface area (Å²) < 4.78 is 27.5. The highest BCUT2D eigenvalue weighted by Gasteiger charge is 2.35. The Bertz CT molecular complexity index is 374. The van der Waals surface area contributed by atoms with Gasteiger partial charge in [-0.15, -0.1) is 11.6 Å². The molecule has 1 rings (SSSR count). The maximum absolute atomic E-state index is 13.0. The maximum Gasteiger partial charge on any atom is 0.265 e. The minimum absolute atomic E-state index is 0.390. The zero-order valence-electron chi connectivity index (χ0n) is 8.12. The monoisotopic (exact) mass is 360 g/mol. The molecule has 1 atom stereocenters. The van der Waals surface area contributed by atoms with Gasteiger partial charge < -0.3 is 0 Å². The Labute approximate surface area is 109 Å². The van der Waals surface area contributed by atoms with E-state index in [0.717, 1.165) is 17.0 Å². The fraction of sp³-hybridized carbons (Fsp3) is 0.400. The van der Waals surface area contributed by atoms with Gasteiger partial charge in [-0.1, -0.05) is 31.9 Å². The normalized spacial score (nSPS) is 14.1. The molecule has 0 nitrogen and oxygen atoms in total. The van der Waals surface area contributed by atoms with Gasteiger partial charge in [0.2, 0.25) is 0 Å².